The number of hydrogen-bond donors (Lipinski definition) is 3. The molecule has 1 aromatic heterocycles. The zero-order valence-corrected chi connectivity index (χ0v) is 20.0. The number of aliphatic hydroxyl groups is 3. The minimum Gasteiger partial charge on any atom is -0.465 e. The van der Waals surface area contributed by atoms with E-state index in [-0.39, 0.29) is 6.61 Å². The van der Waals surface area contributed by atoms with Crippen LogP contribution in [0, 0.1) is 6.92 Å². The Bertz CT molecular complexity index is 1140. The number of thioether (sulfide) groups is 1. The zero-order chi connectivity index (χ0) is 24.9. The molecule has 3 N–H and O–H groups in total. The van der Waals surface area contributed by atoms with Crippen LogP contribution in [-0.2, 0) is 20.8 Å². The molecular formula is C24H27N3O7S. The number of rotatable bonds is 8. The Morgan fingerprint density at radius 3 is 2.66 bits per heavy atom. The van der Waals surface area contributed by atoms with Gasteiger partial charge in [0, 0.05) is 4.90 Å². The molecule has 0 aliphatic carbocycles. The van der Waals surface area contributed by atoms with Gasteiger partial charge in [-0.3, -0.25) is 0 Å². The van der Waals surface area contributed by atoms with Gasteiger partial charge in [0.2, 0.25) is 0 Å². The third-order valence-electron chi connectivity index (χ3n) is 5.59. The molecule has 5 atom stereocenters. The number of benzene rings is 2. The van der Waals surface area contributed by atoms with Crippen molar-refractivity contribution in [3.8, 4) is 5.69 Å². The second-order valence-corrected chi connectivity index (χ2v) is 9.28. The number of esters is 1. The molecule has 35 heavy (non-hydrogen) atoms. The summed E-state index contributed by atoms with van der Waals surface area (Å²) >= 11 is 1.29. The predicted octanol–water partition coefficient (Wildman–Crippen LogP) is 1.48. The van der Waals surface area contributed by atoms with Gasteiger partial charge in [0.1, 0.15) is 35.5 Å². The maximum absolute atomic E-state index is 11.8. The Kier molecular flexibility index (Phi) is 8.16. The molecule has 4 rings (SSSR count). The van der Waals surface area contributed by atoms with Crippen LogP contribution in [0.15, 0.2) is 59.6 Å². The smallest absolute Gasteiger partial charge is 0.337 e. The van der Waals surface area contributed by atoms with Crippen molar-refractivity contribution in [2.75, 3.05) is 13.7 Å². The van der Waals surface area contributed by atoms with Crippen molar-refractivity contribution in [2.45, 2.75) is 48.3 Å². The summed E-state index contributed by atoms with van der Waals surface area (Å²) in [5, 5.41) is 39.4. The Labute approximate surface area is 206 Å². The van der Waals surface area contributed by atoms with Gasteiger partial charge in [-0.1, -0.05) is 40.7 Å². The van der Waals surface area contributed by atoms with Gasteiger partial charge >= 0.3 is 5.97 Å². The maximum Gasteiger partial charge on any atom is 0.337 e. The molecule has 0 unspecified atom stereocenters. The Balaban J connectivity index is 1.44. The largest absolute Gasteiger partial charge is 0.465 e. The van der Waals surface area contributed by atoms with Crippen LogP contribution in [0.3, 0.4) is 0 Å². The summed E-state index contributed by atoms with van der Waals surface area (Å²) < 4.78 is 17.8. The molecule has 1 fully saturated rings. The molecule has 11 heteroatoms. The van der Waals surface area contributed by atoms with Gasteiger partial charge in [-0.25, -0.2) is 9.48 Å². The maximum atomic E-state index is 11.8. The first-order valence-corrected chi connectivity index (χ1v) is 11.8. The van der Waals surface area contributed by atoms with E-state index in [4.69, 9.17) is 14.2 Å². The fourth-order valence-corrected chi connectivity index (χ4v) is 4.72. The number of nitrogens with zero attached hydrogens (tertiary/aromatic N) is 3. The quantitative estimate of drug-likeness (QED) is 0.389. The standard InChI is InChI=1S/C24H27N3O7S/c1-14-6-8-18(9-7-14)35-24-21(30)22(20(29)19(12-28)34-24)33-13-16-11-27(26-25-16)17-5-3-4-15(10-17)23(31)32-2/h3-11,19-22,24,28-30H,12-13H2,1-2H3/t19-,20+,21-,22+,24+/m1/s1. The molecule has 0 amide bonds. The SMILES string of the molecule is COC(=O)c1cccc(-n2cc(CO[C@H]3[C@@H](O)[C@@H](CO)O[C@@H](Sc4ccc(C)cc4)[C@@H]3O)nn2)c1. The number of methoxy groups -OCH3 is 1. The number of aliphatic hydroxyl groups excluding tert-OH is 3. The van der Waals surface area contributed by atoms with Crippen molar-refractivity contribution < 1.29 is 34.3 Å². The van der Waals surface area contributed by atoms with Crippen molar-refractivity contribution in [2.24, 2.45) is 0 Å². The van der Waals surface area contributed by atoms with Gasteiger partial charge in [-0.15, -0.1) is 5.10 Å². The number of aryl methyl sites for hydroxylation is 1. The zero-order valence-electron chi connectivity index (χ0n) is 19.2. The highest BCUT2D eigenvalue weighted by Crippen LogP contribution is 2.34. The summed E-state index contributed by atoms with van der Waals surface area (Å²) in [6, 6.07) is 14.5. The minimum atomic E-state index is -1.24. The number of aromatic nitrogens is 3. The van der Waals surface area contributed by atoms with E-state index >= 15 is 0 Å². The highest BCUT2D eigenvalue weighted by Gasteiger charge is 2.45. The van der Waals surface area contributed by atoms with E-state index in [1.165, 1.54) is 23.6 Å². The van der Waals surface area contributed by atoms with Crippen LogP contribution < -0.4 is 0 Å². The highest BCUT2D eigenvalue weighted by molar-refractivity contribution is 7.99. The summed E-state index contributed by atoms with van der Waals surface area (Å²) in [5.41, 5.74) is 1.78. The number of carbonyl (C=O) groups excluding carboxylic acids is 1. The van der Waals surface area contributed by atoms with E-state index in [0.717, 1.165) is 10.5 Å². The second-order valence-electron chi connectivity index (χ2n) is 8.11. The molecule has 0 bridgehead atoms. The highest BCUT2D eigenvalue weighted by atomic mass is 32.2. The van der Waals surface area contributed by atoms with Gasteiger partial charge in [0.15, 0.2) is 0 Å². The van der Waals surface area contributed by atoms with Crippen LogP contribution in [-0.4, -0.2) is 79.9 Å². The number of carbonyl (C=O) groups is 1. The van der Waals surface area contributed by atoms with Gasteiger partial charge in [0.05, 0.1) is 37.8 Å². The van der Waals surface area contributed by atoms with E-state index in [9.17, 15) is 20.1 Å². The summed E-state index contributed by atoms with van der Waals surface area (Å²) in [5.74, 6) is -0.463. The lowest BCUT2D eigenvalue weighted by Gasteiger charge is -2.41. The molecule has 10 nitrogen and oxygen atoms in total. The number of hydrogen-bond acceptors (Lipinski definition) is 10. The predicted molar refractivity (Wildman–Crippen MR) is 126 cm³/mol. The lowest BCUT2D eigenvalue weighted by Crippen LogP contribution is -2.58. The lowest BCUT2D eigenvalue weighted by molar-refractivity contribution is -0.223. The van der Waals surface area contributed by atoms with Gasteiger partial charge in [-0.05, 0) is 37.3 Å². The average molecular weight is 502 g/mol. The molecular weight excluding hydrogens is 474 g/mol. The summed E-state index contributed by atoms with van der Waals surface area (Å²) in [6.45, 7) is 1.51. The average Bonchev–Trinajstić information content (AvgIpc) is 3.35. The molecule has 0 radical (unpaired) electrons. The first-order chi connectivity index (χ1) is 16.9. The molecule has 2 aromatic carbocycles. The van der Waals surface area contributed by atoms with Crippen LogP contribution in [0.4, 0.5) is 0 Å². The monoisotopic (exact) mass is 501 g/mol. The first kappa shape index (κ1) is 25.3. The molecule has 1 aliphatic heterocycles. The van der Waals surface area contributed by atoms with E-state index in [0.29, 0.717) is 16.9 Å². The fourth-order valence-electron chi connectivity index (χ4n) is 3.66. The van der Waals surface area contributed by atoms with E-state index in [2.05, 4.69) is 10.3 Å². The van der Waals surface area contributed by atoms with Gasteiger partial charge < -0.3 is 29.5 Å². The van der Waals surface area contributed by atoms with E-state index in [1.807, 2.05) is 31.2 Å². The van der Waals surface area contributed by atoms with Crippen molar-refractivity contribution in [3.63, 3.8) is 0 Å². The molecule has 1 saturated heterocycles. The van der Waals surface area contributed by atoms with Crippen molar-refractivity contribution in [1.29, 1.82) is 0 Å². The third-order valence-corrected chi connectivity index (χ3v) is 6.76. The third kappa shape index (κ3) is 5.89. The molecule has 2 heterocycles. The first-order valence-electron chi connectivity index (χ1n) is 11.0. The molecule has 0 saturated carbocycles. The Morgan fingerprint density at radius 2 is 1.94 bits per heavy atom. The second kappa shape index (κ2) is 11.3. The molecule has 186 valence electrons. The molecule has 1 aliphatic rings. The summed E-state index contributed by atoms with van der Waals surface area (Å²) in [6.07, 6.45) is -2.71. The Morgan fingerprint density at radius 1 is 1.17 bits per heavy atom. The van der Waals surface area contributed by atoms with Crippen LogP contribution in [0.2, 0.25) is 0 Å². The fraction of sp³-hybridized carbons (Fsp3) is 0.375. The lowest BCUT2D eigenvalue weighted by atomic mass is 10.00. The van der Waals surface area contributed by atoms with E-state index < -0.39 is 42.4 Å². The van der Waals surface area contributed by atoms with Crippen LogP contribution in [0.5, 0.6) is 0 Å². The van der Waals surface area contributed by atoms with Crippen molar-refractivity contribution >= 4 is 17.7 Å². The Hall–Kier alpha value is -2.80. The van der Waals surface area contributed by atoms with Gasteiger partial charge in [0.25, 0.3) is 0 Å². The van der Waals surface area contributed by atoms with E-state index in [1.54, 1.807) is 30.5 Å². The van der Waals surface area contributed by atoms with Gasteiger partial charge in [-0.2, -0.15) is 0 Å². The van der Waals surface area contributed by atoms with Crippen LogP contribution >= 0.6 is 11.8 Å². The van der Waals surface area contributed by atoms with Crippen molar-refractivity contribution in [1.82, 2.24) is 15.0 Å². The van der Waals surface area contributed by atoms with Crippen LogP contribution in [0.1, 0.15) is 21.6 Å². The normalized spacial score (nSPS) is 24.3. The minimum absolute atomic E-state index is 0.0461. The summed E-state index contributed by atoms with van der Waals surface area (Å²) in [7, 11) is 1.31. The molecule has 3 aromatic rings. The summed E-state index contributed by atoms with van der Waals surface area (Å²) in [4.78, 5) is 12.7. The van der Waals surface area contributed by atoms with Crippen LogP contribution in [0.25, 0.3) is 5.69 Å². The number of ether oxygens (including phenoxy) is 3. The molecule has 0 spiro atoms. The topological polar surface area (TPSA) is 136 Å². The van der Waals surface area contributed by atoms with Crippen molar-refractivity contribution in [3.05, 3.63) is 71.5 Å².